The highest BCUT2D eigenvalue weighted by Gasteiger charge is 2.50. The van der Waals surface area contributed by atoms with Crippen LogP contribution in [-0.2, 0) is 9.59 Å². The molecule has 41 heavy (non-hydrogen) atoms. The Balaban J connectivity index is 1.60. The summed E-state index contributed by atoms with van der Waals surface area (Å²) >= 11 is 0. The number of methoxy groups -OCH3 is 2. The molecule has 5 nitrogen and oxygen atoms in total. The first-order valence-electron chi connectivity index (χ1n) is 13.7. The van der Waals surface area contributed by atoms with E-state index in [0.29, 0.717) is 17.1 Å². The van der Waals surface area contributed by atoms with Crippen LogP contribution in [0.25, 0.3) is 6.08 Å². The van der Waals surface area contributed by atoms with E-state index in [9.17, 15) is 14.4 Å². The largest absolute Gasteiger partial charge is 0.497 e. The third-order valence-corrected chi connectivity index (χ3v) is 7.90. The van der Waals surface area contributed by atoms with Gasteiger partial charge in [0.25, 0.3) is 0 Å². The number of carbonyl (C=O) groups excluding carboxylic acids is 3. The van der Waals surface area contributed by atoms with Crippen molar-refractivity contribution in [2.45, 2.75) is 18.3 Å². The summed E-state index contributed by atoms with van der Waals surface area (Å²) in [5, 5.41) is 0. The number of ketones is 3. The molecule has 0 radical (unpaired) electrons. The quantitative estimate of drug-likeness (QED) is 0.130. The van der Waals surface area contributed by atoms with Crippen molar-refractivity contribution < 1.29 is 23.9 Å². The van der Waals surface area contributed by atoms with E-state index in [1.807, 2.05) is 97.1 Å². The van der Waals surface area contributed by atoms with Gasteiger partial charge in [-0.2, -0.15) is 0 Å². The molecule has 1 aliphatic carbocycles. The van der Waals surface area contributed by atoms with Crippen molar-refractivity contribution in [3.8, 4) is 11.5 Å². The van der Waals surface area contributed by atoms with E-state index in [2.05, 4.69) is 0 Å². The van der Waals surface area contributed by atoms with E-state index in [-0.39, 0.29) is 23.8 Å². The smallest absolute Gasteiger partial charge is 0.167 e. The molecule has 0 aromatic heterocycles. The number of benzene rings is 4. The minimum Gasteiger partial charge on any atom is -0.497 e. The molecule has 4 atom stereocenters. The molecular formula is C36H32O5. The first kappa shape index (κ1) is 27.8. The molecule has 1 unspecified atom stereocenters. The zero-order valence-corrected chi connectivity index (χ0v) is 23.1. The summed E-state index contributed by atoms with van der Waals surface area (Å²) < 4.78 is 10.6. The fourth-order valence-corrected chi connectivity index (χ4v) is 5.85. The fraction of sp³-hybridized carbons (Fsp3) is 0.194. The van der Waals surface area contributed by atoms with Gasteiger partial charge in [0.15, 0.2) is 11.6 Å². The molecule has 1 saturated carbocycles. The topological polar surface area (TPSA) is 69.7 Å². The van der Waals surface area contributed by atoms with Crippen molar-refractivity contribution in [2.75, 3.05) is 14.2 Å². The number of carbonyl (C=O) groups is 3. The molecule has 0 bridgehead atoms. The normalized spacial score (nSPS) is 20.5. The lowest BCUT2D eigenvalue weighted by Gasteiger charge is -2.41. The first-order chi connectivity index (χ1) is 20.0. The van der Waals surface area contributed by atoms with E-state index in [4.69, 9.17) is 9.47 Å². The second-order valence-electron chi connectivity index (χ2n) is 10.2. The molecule has 5 rings (SSSR count). The number of Topliss-reactive ketones (excluding diaryl/α,β-unsaturated/α-hetero) is 2. The average Bonchev–Trinajstić information content (AvgIpc) is 3.04. The van der Waals surface area contributed by atoms with Gasteiger partial charge in [-0.25, -0.2) is 0 Å². The van der Waals surface area contributed by atoms with Crippen LogP contribution in [0.3, 0.4) is 0 Å². The first-order valence-corrected chi connectivity index (χ1v) is 13.7. The molecule has 0 N–H and O–H groups in total. The van der Waals surface area contributed by atoms with Gasteiger partial charge in [0.2, 0.25) is 0 Å². The van der Waals surface area contributed by atoms with Crippen LogP contribution in [0.2, 0.25) is 0 Å². The predicted octanol–water partition coefficient (Wildman–Crippen LogP) is 6.94. The van der Waals surface area contributed by atoms with Crippen molar-refractivity contribution in [3.05, 3.63) is 138 Å². The Labute approximate surface area is 240 Å². The second kappa shape index (κ2) is 12.6. The van der Waals surface area contributed by atoms with Crippen LogP contribution < -0.4 is 9.47 Å². The molecular weight excluding hydrogens is 512 g/mol. The number of hydrogen-bond acceptors (Lipinski definition) is 5. The highest BCUT2D eigenvalue weighted by Crippen LogP contribution is 2.49. The van der Waals surface area contributed by atoms with Gasteiger partial charge in [-0.1, -0.05) is 91.0 Å². The third-order valence-electron chi connectivity index (χ3n) is 7.90. The van der Waals surface area contributed by atoms with Crippen LogP contribution in [-0.4, -0.2) is 31.6 Å². The van der Waals surface area contributed by atoms with Gasteiger partial charge in [0.05, 0.1) is 20.1 Å². The van der Waals surface area contributed by atoms with E-state index in [0.717, 1.165) is 16.7 Å². The van der Waals surface area contributed by atoms with Crippen molar-refractivity contribution >= 4 is 23.4 Å². The highest BCUT2D eigenvalue weighted by molar-refractivity contribution is 6.12. The van der Waals surface area contributed by atoms with Gasteiger partial charge < -0.3 is 9.47 Å². The van der Waals surface area contributed by atoms with Gasteiger partial charge in [-0.3, -0.25) is 14.4 Å². The van der Waals surface area contributed by atoms with E-state index < -0.39 is 23.7 Å². The van der Waals surface area contributed by atoms with Gasteiger partial charge in [-0.15, -0.1) is 0 Å². The molecule has 1 aliphatic rings. The predicted molar refractivity (Wildman–Crippen MR) is 159 cm³/mol. The van der Waals surface area contributed by atoms with E-state index in [1.54, 1.807) is 32.4 Å². The maximum atomic E-state index is 14.3. The Kier molecular flexibility index (Phi) is 8.54. The molecule has 0 aliphatic heterocycles. The summed E-state index contributed by atoms with van der Waals surface area (Å²) in [5.41, 5.74) is 3.04. The molecule has 0 spiro atoms. The molecule has 1 fully saturated rings. The Hall–Kier alpha value is -4.77. The van der Waals surface area contributed by atoms with Crippen LogP contribution in [0.4, 0.5) is 0 Å². The average molecular weight is 545 g/mol. The third kappa shape index (κ3) is 6.04. The molecule has 206 valence electrons. The summed E-state index contributed by atoms with van der Waals surface area (Å²) in [5.74, 6) is -1.80. The molecule has 0 amide bonds. The van der Waals surface area contributed by atoms with Gasteiger partial charge in [0, 0.05) is 29.7 Å². The Bertz CT molecular complexity index is 1520. The Morgan fingerprint density at radius 2 is 1.27 bits per heavy atom. The van der Waals surface area contributed by atoms with Crippen molar-refractivity contribution in [2.24, 2.45) is 11.8 Å². The standard InChI is InChI=1S/C36H32O5/c1-40-28-18-13-24(14-19-28)15-22-31(37)35-32(38)23-30(25-16-20-29(41-2)21-17-25)34(33(35)26-9-5-3-6-10-26)36(39)27-11-7-4-8-12-27/h3-22,30,33-35H,23H2,1-2H3/b22-15+/t30-,33-,34+,35?/m1/s1. The molecule has 0 heterocycles. The summed E-state index contributed by atoms with van der Waals surface area (Å²) in [7, 11) is 3.20. The second-order valence-corrected chi connectivity index (χ2v) is 10.2. The lowest BCUT2D eigenvalue weighted by Crippen LogP contribution is -2.44. The maximum absolute atomic E-state index is 14.3. The van der Waals surface area contributed by atoms with Gasteiger partial charge in [-0.05, 0) is 47.0 Å². The van der Waals surface area contributed by atoms with Crippen LogP contribution in [0.15, 0.2) is 115 Å². The maximum Gasteiger partial charge on any atom is 0.167 e. The minimum atomic E-state index is -0.987. The zero-order valence-electron chi connectivity index (χ0n) is 23.1. The van der Waals surface area contributed by atoms with Crippen LogP contribution in [0.5, 0.6) is 11.5 Å². The summed E-state index contributed by atoms with van der Waals surface area (Å²) in [6, 6.07) is 33.5. The number of allylic oxidation sites excluding steroid dienone is 1. The monoisotopic (exact) mass is 544 g/mol. The van der Waals surface area contributed by atoms with E-state index >= 15 is 0 Å². The number of rotatable bonds is 9. The Morgan fingerprint density at radius 1 is 0.707 bits per heavy atom. The molecule has 5 heteroatoms. The van der Waals surface area contributed by atoms with Crippen LogP contribution in [0, 0.1) is 11.8 Å². The number of ether oxygens (including phenoxy) is 2. The minimum absolute atomic E-state index is 0.0790. The number of hydrogen-bond donors (Lipinski definition) is 0. The lowest BCUT2D eigenvalue weighted by molar-refractivity contribution is -0.134. The Morgan fingerprint density at radius 3 is 1.85 bits per heavy atom. The summed E-state index contributed by atoms with van der Waals surface area (Å²) in [6.45, 7) is 0. The molecule has 4 aromatic carbocycles. The lowest BCUT2D eigenvalue weighted by atomic mass is 9.59. The van der Waals surface area contributed by atoms with Crippen molar-refractivity contribution in [3.63, 3.8) is 0 Å². The zero-order chi connectivity index (χ0) is 28.8. The SMILES string of the molecule is COc1ccc(/C=C/C(=O)C2C(=O)C[C@H](c3ccc(OC)cc3)[C@H](C(=O)c3ccccc3)[C@H]2c2ccccc2)cc1. The highest BCUT2D eigenvalue weighted by atomic mass is 16.5. The molecule has 0 saturated heterocycles. The van der Waals surface area contributed by atoms with Gasteiger partial charge in [0.1, 0.15) is 17.3 Å². The van der Waals surface area contributed by atoms with Crippen LogP contribution in [0.1, 0.15) is 45.3 Å². The van der Waals surface area contributed by atoms with Crippen molar-refractivity contribution in [1.29, 1.82) is 0 Å². The summed E-state index contributed by atoms with van der Waals surface area (Å²) in [6.07, 6.45) is 3.27. The van der Waals surface area contributed by atoms with Gasteiger partial charge >= 0.3 is 0 Å². The van der Waals surface area contributed by atoms with E-state index in [1.165, 1.54) is 6.08 Å². The summed E-state index contributed by atoms with van der Waals surface area (Å²) in [4.78, 5) is 42.1. The van der Waals surface area contributed by atoms with Crippen molar-refractivity contribution in [1.82, 2.24) is 0 Å². The van der Waals surface area contributed by atoms with Crippen LogP contribution >= 0.6 is 0 Å². The molecule has 4 aromatic rings. The fourth-order valence-electron chi connectivity index (χ4n) is 5.85.